The Morgan fingerprint density at radius 2 is 2.00 bits per heavy atom. The second-order valence-electron chi connectivity index (χ2n) is 7.72. The first-order valence-electron chi connectivity index (χ1n) is 9.60. The number of likely N-dealkylation sites (tertiary alicyclic amines) is 1. The Morgan fingerprint density at radius 1 is 1.19 bits per heavy atom. The molecular weight excluding hydrogens is 330 g/mol. The molecule has 3 aliphatic rings. The highest BCUT2D eigenvalue weighted by atomic mass is 16.5. The molecule has 0 radical (unpaired) electrons. The number of amides is 2. The van der Waals surface area contributed by atoms with Crippen LogP contribution in [0.15, 0.2) is 18.2 Å². The molecule has 3 fully saturated rings. The van der Waals surface area contributed by atoms with Gasteiger partial charge in [-0.2, -0.15) is 0 Å². The number of nitrogens with one attached hydrogen (secondary N) is 1. The van der Waals surface area contributed by atoms with Crippen molar-refractivity contribution in [2.24, 2.45) is 5.41 Å². The highest BCUT2D eigenvalue weighted by molar-refractivity contribution is 5.96. The summed E-state index contributed by atoms with van der Waals surface area (Å²) < 4.78 is 5.42. The second-order valence-corrected chi connectivity index (χ2v) is 7.72. The van der Waals surface area contributed by atoms with Crippen molar-refractivity contribution in [1.29, 1.82) is 0 Å². The predicted octanol–water partition coefficient (Wildman–Crippen LogP) is 1.57. The molecule has 4 rings (SSSR count). The van der Waals surface area contributed by atoms with Crippen LogP contribution < -0.4 is 10.2 Å². The molecule has 0 saturated carbocycles. The molecule has 6 heteroatoms. The minimum absolute atomic E-state index is 0.0388. The van der Waals surface area contributed by atoms with E-state index in [1.54, 1.807) is 0 Å². The molecule has 3 heterocycles. The molecule has 3 aliphatic heterocycles. The van der Waals surface area contributed by atoms with Gasteiger partial charge in [0.15, 0.2) is 0 Å². The van der Waals surface area contributed by atoms with Gasteiger partial charge >= 0.3 is 0 Å². The number of aryl methyl sites for hydroxylation is 1. The summed E-state index contributed by atoms with van der Waals surface area (Å²) in [6.45, 7) is 7.29. The van der Waals surface area contributed by atoms with Crippen molar-refractivity contribution in [3.8, 4) is 0 Å². The Hall–Kier alpha value is -2.08. The molecule has 6 nitrogen and oxygen atoms in total. The molecule has 2 amide bonds. The number of hydrogen-bond donors (Lipinski definition) is 1. The van der Waals surface area contributed by atoms with Crippen molar-refractivity contribution < 1.29 is 14.3 Å². The molecule has 1 N–H and O–H groups in total. The number of benzene rings is 1. The zero-order valence-electron chi connectivity index (χ0n) is 15.4. The minimum Gasteiger partial charge on any atom is -0.378 e. The lowest BCUT2D eigenvalue weighted by atomic mass is 9.79. The maximum Gasteiger partial charge on any atom is 0.253 e. The Kier molecular flexibility index (Phi) is 4.61. The zero-order valence-corrected chi connectivity index (χ0v) is 15.4. The lowest BCUT2D eigenvalue weighted by Gasteiger charge is -2.32. The third-order valence-electron chi connectivity index (χ3n) is 6.04. The van der Waals surface area contributed by atoms with Gasteiger partial charge in [-0.05, 0) is 49.9 Å². The van der Waals surface area contributed by atoms with Crippen molar-refractivity contribution in [2.45, 2.75) is 26.2 Å². The van der Waals surface area contributed by atoms with Crippen LogP contribution >= 0.6 is 0 Å². The lowest BCUT2D eigenvalue weighted by molar-refractivity contribution is -0.132. The Balaban J connectivity index is 1.48. The quantitative estimate of drug-likeness (QED) is 0.873. The van der Waals surface area contributed by atoms with E-state index >= 15 is 0 Å². The van der Waals surface area contributed by atoms with Crippen LogP contribution in [0.4, 0.5) is 5.69 Å². The maximum atomic E-state index is 13.0. The van der Waals surface area contributed by atoms with Crippen LogP contribution in [-0.2, 0) is 9.53 Å². The third-order valence-corrected chi connectivity index (χ3v) is 6.04. The van der Waals surface area contributed by atoms with E-state index in [4.69, 9.17) is 4.74 Å². The molecule has 0 aliphatic carbocycles. The largest absolute Gasteiger partial charge is 0.378 e. The van der Waals surface area contributed by atoms with Crippen LogP contribution in [0.5, 0.6) is 0 Å². The van der Waals surface area contributed by atoms with Gasteiger partial charge in [0.05, 0.1) is 18.6 Å². The fourth-order valence-electron chi connectivity index (χ4n) is 4.50. The molecular formula is C20H27N3O3. The van der Waals surface area contributed by atoms with Crippen molar-refractivity contribution in [2.75, 3.05) is 50.8 Å². The first-order chi connectivity index (χ1) is 12.6. The normalized spacial score (nSPS) is 26.3. The highest BCUT2D eigenvalue weighted by Crippen LogP contribution is 2.38. The first kappa shape index (κ1) is 17.3. The Bertz CT molecular complexity index is 714. The van der Waals surface area contributed by atoms with Crippen LogP contribution in [0.3, 0.4) is 0 Å². The van der Waals surface area contributed by atoms with E-state index in [-0.39, 0.29) is 17.2 Å². The number of nitrogens with zero attached hydrogens (tertiary/aromatic N) is 2. The number of piperidine rings is 1. The number of carbonyl (C=O) groups is 2. The first-order valence-corrected chi connectivity index (χ1v) is 9.60. The summed E-state index contributed by atoms with van der Waals surface area (Å²) in [6, 6.07) is 5.96. The number of ether oxygens (including phenoxy) is 1. The van der Waals surface area contributed by atoms with Gasteiger partial charge in [0.25, 0.3) is 5.91 Å². The van der Waals surface area contributed by atoms with Gasteiger partial charge in [-0.15, -0.1) is 0 Å². The molecule has 1 spiro atoms. The van der Waals surface area contributed by atoms with Gasteiger partial charge in [-0.3, -0.25) is 9.59 Å². The van der Waals surface area contributed by atoms with Gasteiger partial charge in [-0.1, -0.05) is 0 Å². The van der Waals surface area contributed by atoms with Gasteiger partial charge in [0, 0.05) is 44.0 Å². The fraction of sp³-hybridized carbons (Fsp3) is 0.600. The summed E-state index contributed by atoms with van der Waals surface area (Å²) in [4.78, 5) is 29.5. The maximum absolute atomic E-state index is 13.0. The van der Waals surface area contributed by atoms with E-state index in [1.807, 2.05) is 23.1 Å². The van der Waals surface area contributed by atoms with E-state index in [1.165, 1.54) is 5.69 Å². The summed E-state index contributed by atoms with van der Waals surface area (Å²) >= 11 is 0. The highest BCUT2D eigenvalue weighted by Gasteiger charge is 2.46. The van der Waals surface area contributed by atoms with E-state index in [0.29, 0.717) is 18.7 Å². The van der Waals surface area contributed by atoms with E-state index in [0.717, 1.165) is 57.7 Å². The lowest BCUT2D eigenvalue weighted by Crippen LogP contribution is -2.47. The topological polar surface area (TPSA) is 61.9 Å². The number of anilines is 1. The van der Waals surface area contributed by atoms with Gasteiger partial charge in [0.1, 0.15) is 0 Å². The fourth-order valence-corrected chi connectivity index (χ4v) is 4.50. The molecule has 1 unspecified atom stereocenters. The smallest absolute Gasteiger partial charge is 0.253 e. The van der Waals surface area contributed by atoms with Crippen LogP contribution in [0, 0.1) is 12.3 Å². The summed E-state index contributed by atoms with van der Waals surface area (Å²) in [5.41, 5.74) is 2.64. The minimum atomic E-state index is -0.364. The van der Waals surface area contributed by atoms with Gasteiger partial charge in [0.2, 0.25) is 5.91 Å². The van der Waals surface area contributed by atoms with Crippen molar-refractivity contribution in [3.05, 3.63) is 29.3 Å². The average molecular weight is 357 g/mol. The monoisotopic (exact) mass is 357 g/mol. The number of carbonyl (C=O) groups excluding carboxylic acids is 2. The number of rotatable bonds is 2. The van der Waals surface area contributed by atoms with Crippen LogP contribution in [-0.4, -0.2) is 62.7 Å². The molecule has 0 aromatic heterocycles. The molecule has 1 aromatic carbocycles. The predicted molar refractivity (Wildman–Crippen MR) is 99.4 cm³/mol. The average Bonchev–Trinajstić information content (AvgIpc) is 3.09. The van der Waals surface area contributed by atoms with Crippen LogP contribution in [0.1, 0.15) is 35.2 Å². The zero-order chi connectivity index (χ0) is 18.1. The van der Waals surface area contributed by atoms with Crippen LogP contribution in [0.2, 0.25) is 0 Å². The van der Waals surface area contributed by atoms with Gasteiger partial charge < -0.3 is 19.9 Å². The van der Waals surface area contributed by atoms with Crippen LogP contribution in [0.25, 0.3) is 0 Å². The summed E-state index contributed by atoms with van der Waals surface area (Å²) in [7, 11) is 0. The Morgan fingerprint density at radius 3 is 2.73 bits per heavy atom. The van der Waals surface area contributed by atoms with E-state index in [9.17, 15) is 9.59 Å². The standard InChI is InChI=1S/C20H27N3O3/c1-15-13-16(3-4-17(15)22-9-11-26-12-10-22)18(24)23-8-6-20(14-23)5-2-7-21-19(20)25/h3-4,13H,2,5-12,14H2,1H3,(H,21,25). The van der Waals surface area contributed by atoms with E-state index in [2.05, 4.69) is 17.1 Å². The SMILES string of the molecule is Cc1cc(C(=O)N2CCC3(CCCNC3=O)C2)ccc1N1CCOCC1. The summed E-state index contributed by atoms with van der Waals surface area (Å²) in [5, 5.41) is 2.97. The summed E-state index contributed by atoms with van der Waals surface area (Å²) in [5.74, 6) is 0.162. The van der Waals surface area contributed by atoms with Crippen molar-refractivity contribution in [1.82, 2.24) is 10.2 Å². The second kappa shape index (κ2) is 6.91. The van der Waals surface area contributed by atoms with Crippen molar-refractivity contribution in [3.63, 3.8) is 0 Å². The Labute approximate surface area is 154 Å². The molecule has 1 aromatic rings. The summed E-state index contributed by atoms with van der Waals surface area (Å²) in [6.07, 6.45) is 2.66. The third kappa shape index (κ3) is 3.07. The molecule has 26 heavy (non-hydrogen) atoms. The molecule has 0 bridgehead atoms. The van der Waals surface area contributed by atoms with Gasteiger partial charge in [-0.25, -0.2) is 0 Å². The molecule has 140 valence electrons. The van der Waals surface area contributed by atoms with E-state index < -0.39 is 0 Å². The molecule has 3 saturated heterocycles. The number of morpholine rings is 1. The van der Waals surface area contributed by atoms with Crippen molar-refractivity contribution >= 4 is 17.5 Å². The number of hydrogen-bond acceptors (Lipinski definition) is 4. The molecule has 1 atom stereocenters.